The normalized spacial score (nSPS) is 16.6. The first kappa shape index (κ1) is 19.0. The Morgan fingerprint density at radius 2 is 1.52 bits per heavy atom. The topological polar surface area (TPSA) is 40.5 Å². The van der Waals surface area contributed by atoms with Crippen molar-refractivity contribution in [2.24, 2.45) is 0 Å². The quantitative estimate of drug-likeness (QED) is 0.622. The molecule has 3 heteroatoms. The Balaban J connectivity index is 1.80. The molecule has 0 unspecified atom stereocenters. The van der Waals surface area contributed by atoms with Gasteiger partial charge in [-0.2, -0.15) is 0 Å². The van der Waals surface area contributed by atoms with Crippen LogP contribution in [0.2, 0.25) is 0 Å². The van der Waals surface area contributed by atoms with Crippen LogP contribution in [0.15, 0.2) is 84.6 Å². The second-order valence-corrected chi connectivity index (χ2v) is 7.54. The molecular formula is C26H25NO2. The fraction of sp³-hybridized carbons (Fsp3) is 0.192. The number of hydrogen-bond donors (Lipinski definition) is 1. The molecule has 0 saturated heterocycles. The molecule has 1 N–H and O–H groups in total. The Morgan fingerprint density at radius 1 is 0.862 bits per heavy atom. The molecule has 29 heavy (non-hydrogen) atoms. The monoisotopic (exact) mass is 383 g/mol. The van der Waals surface area contributed by atoms with Gasteiger partial charge in [-0.05, 0) is 35.6 Å². The van der Waals surface area contributed by atoms with E-state index in [9.17, 15) is 9.90 Å². The van der Waals surface area contributed by atoms with Crippen molar-refractivity contribution in [3.05, 3.63) is 112 Å². The molecule has 0 saturated carbocycles. The van der Waals surface area contributed by atoms with Gasteiger partial charge in [0.05, 0.1) is 6.04 Å². The Bertz CT molecular complexity index is 1030. The first-order chi connectivity index (χ1) is 14.1. The van der Waals surface area contributed by atoms with E-state index in [0.717, 1.165) is 28.7 Å². The number of carbonyl (C=O) groups is 1. The molecule has 0 radical (unpaired) electrons. The van der Waals surface area contributed by atoms with E-state index in [-0.39, 0.29) is 17.7 Å². The fourth-order valence-electron chi connectivity index (χ4n) is 3.91. The van der Waals surface area contributed by atoms with Crippen molar-refractivity contribution in [2.75, 3.05) is 0 Å². The minimum Gasteiger partial charge on any atom is -0.503 e. The van der Waals surface area contributed by atoms with Crippen LogP contribution >= 0.6 is 0 Å². The van der Waals surface area contributed by atoms with E-state index in [1.165, 1.54) is 5.56 Å². The Kier molecular flexibility index (Phi) is 5.22. The molecule has 3 aromatic carbocycles. The zero-order valence-electron chi connectivity index (χ0n) is 16.8. The van der Waals surface area contributed by atoms with Crippen LogP contribution in [0.3, 0.4) is 0 Å². The molecule has 146 valence electrons. The molecule has 0 spiro atoms. The lowest BCUT2D eigenvalue weighted by molar-refractivity contribution is -0.130. The van der Waals surface area contributed by atoms with Crippen LogP contribution in [-0.4, -0.2) is 15.9 Å². The summed E-state index contributed by atoms with van der Waals surface area (Å²) in [5, 5.41) is 10.8. The molecule has 3 aromatic rings. The maximum atomic E-state index is 13.1. The van der Waals surface area contributed by atoms with Crippen molar-refractivity contribution in [1.82, 2.24) is 4.90 Å². The summed E-state index contributed by atoms with van der Waals surface area (Å²) in [7, 11) is 0. The lowest BCUT2D eigenvalue weighted by Crippen LogP contribution is -2.29. The van der Waals surface area contributed by atoms with Crippen LogP contribution in [0.1, 0.15) is 40.8 Å². The van der Waals surface area contributed by atoms with Gasteiger partial charge in [0.15, 0.2) is 5.76 Å². The molecule has 1 heterocycles. The van der Waals surface area contributed by atoms with Gasteiger partial charge in [-0.1, -0.05) is 91.3 Å². The number of aliphatic hydroxyl groups is 1. The van der Waals surface area contributed by atoms with E-state index in [1.807, 2.05) is 61.5 Å². The highest BCUT2D eigenvalue weighted by atomic mass is 16.3. The summed E-state index contributed by atoms with van der Waals surface area (Å²) in [4.78, 5) is 14.8. The van der Waals surface area contributed by atoms with Crippen LogP contribution in [-0.2, 0) is 17.8 Å². The molecule has 1 aliphatic rings. The average Bonchev–Trinajstić information content (AvgIpc) is 3.00. The van der Waals surface area contributed by atoms with Crippen LogP contribution < -0.4 is 0 Å². The summed E-state index contributed by atoms with van der Waals surface area (Å²) in [5.41, 5.74) is 5.98. The van der Waals surface area contributed by atoms with E-state index >= 15 is 0 Å². The molecule has 3 nitrogen and oxygen atoms in total. The van der Waals surface area contributed by atoms with Gasteiger partial charge in [0.25, 0.3) is 5.91 Å². The SMILES string of the molecule is CCc1ccc([C@H]2C(c3ccc(C)cc3)=C(O)C(=O)N2Cc2ccccc2)cc1. The number of hydrogen-bond acceptors (Lipinski definition) is 2. The molecule has 0 fully saturated rings. The van der Waals surface area contributed by atoms with Crippen molar-refractivity contribution in [2.45, 2.75) is 32.9 Å². The summed E-state index contributed by atoms with van der Waals surface area (Å²) < 4.78 is 0. The number of rotatable bonds is 5. The second-order valence-electron chi connectivity index (χ2n) is 7.54. The average molecular weight is 383 g/mol. The maximum Gasteiger partial charge on any atom is 0.290 e. The first-order valence-corrected chi connectivity index (χ1v) is 10.0. The number of nitrogens with zero attached hydrogens (tertiary/aromatic N) is 1. The van der Waals surface area contributed by atoms with Crippen molar-refractivity contribution >= 4 is 11.5 Å². The zero-order chi connectivity index (χ0) is 20.4. The van der Waals surface area contributed by atoms with Gasteiger partial charge in [-0.15, -0.1) is 0 Å². The predicted octanol–water partition coefficient (Wildman–Crippen LogP) is 5.61. The predicted molar refractivity (Wildman–Crippen MR) is 116 cm³/mol. The van der Waals surface area contributed by atoms with E-state index in [4.69, 9.17) is 0 Å². The summed E-state index contributed by atoms with van der Waals surface area (Å²) in [6.45, 7) is 4.60. The third-order valence-corrected chi connectivity index (χ3v) is 5.57. The summed E-state index contributed by atoms with van der Waals surface area (Å²) in [6.07, 6.45) is 0.962. The molecule has 1 atom stereocenters. The minimum atomic E-state index is -0.325. The Morgan fingerprint density at radius 3 is 2.14 bits per heavy atom. The highest BCUT2D eigenvalue weighted by Gasteiger charge is 2.40. The lowest BCUT2D eigenvalue weighted by atomic mass is 9.92. The van der Waals surface area contributed by atoms with E-state index in [2.05, 4.69) is 31.2 Å². The van der Waals surface area contributed by atoms with Gasteiger partial charge in [0.2, 0.25) is 0 Å². The fourth-order valence-corrected chi connectivity index (χ4v) is 3.91. The Hall–Kier alpha value is -3.33. The number of benzene rings is 3. The second kappa shape index (κ2) is 7.96. The van der Waals surface area contributed by atoms with E-state index in [1.54, 1.807) is 4.90 Å². The first-order valence-electron chi connectivity index (χ1n) is 10.0. The summed E-state index contributed by atoms with van der Waals surface area (Å²) in [6, 6.07) is 25.9. The standard InChI is InChI=1S/C26H25NO2/c1-3-19-11-15-22(16-12-19)24-23(21-13-9-18(2)10-14-21)25(28)26(29)27(24)17-20-7-5-4-6-8-20/h4-16,24,28H,3,17H2,1-2H3/t24-/m0/s1. The summed E-state index contributed by atoms with van der Waals surface area (Å²) in [5.74, 6) is -0.483. The summed E-state index contributed by atoms with van der Waals surface area (Å²) >= 11 is 0. The van der Waals surface area contributed by atoms with Crippen molar-refractivity contribution in [1.29, 1.82) is 0 Å². The largest absolute Gasteiger partial charge is 0.503 e. The third kappa shape index (κ3) is 3.68. The Labute approximate surface area is 171 Å². The van der Waals surface area contributed by atoms with Gasteiger partial charge in [-0.25, -0.2) is 0 Å². The molecule has 1 amide bonds. The van der Waals surface area contributed by atoms with Crippen LogP contribution in [0.25, 0.3) is 5.57 Å². The number of aryl methyl sites for hydroxylation is 2. The molecule has 0 bridgehead atoms. The van der Waals surface area contributed by atoms with Crippen LogP contribution in [0, 0.1) is 6.92 Å². The van der Waals surface area contributed by atoms with E-state index in [0.29, 0.717) is 12.1 Å². The zero-order valence-corrected chi connectivity index (χ0v) is 16.8. The van der Waals surface area contributed by atoms with Crippen molar-refractivity contribution < 1.29 is 9.90 Å². The maximum absolute atomic E-state index is 13.1. The molecule has 1 aliphatic heterocycles. The van der Waals surface area contributed by atoms with Gasteiger partial charge in [0, 0.05) is 12.1 Å². The molecular weight excluding hydrogens is 358 g/mol. The van der Waals surface area contributed by atoms with Gasteiger partial charge < -0.3 is 10.0 Å². The molecule has 4 rings (SSSR count). The van der Waals surface area contributed by atoms with E-state index < -0.39 is 0 Å². The van der Waals surface area contributed by atoms with Gasteiger partial charge >= 0.3 is 0 Å². The van der Waals surface area contributed by atoms with Crippen molar-refractivity contribution in [3.63, 3.8) is 0 Å². The molecule has 0 aromatic heterocycles. The highest BCUT2D eigenvalue weighted by Crippen LogP contribution is 2.43. The lowest BCUT2D eigenvalue weighted by Gasteiger charge is -2.27. The number of carbonyl (C=O) groups excluding carboxylic acids is 1. The van der Waals surface area contributed by atoms with Crippen LogP contribution in [0.5, 0.6) is 0 Å². The number of aliphatic hydroxyl groups excluding tert-OH is 1. The van der Waals surface area contributed by atoms with Gasteiger partial charge in [0.1, 0.15) is 0 Å². The molecule has 0 aliphatic carbocycles. The minimum absolute atomic E-state index is 0.158. The van der Waals surface area contributed by atoms with Crippen LogP contribution in [0.4, 0.5) is 0 Å². The highest BCUT2D eigenvalue weighted by molar-refractivity contribution is 6.05. The number of amides is 1. The smallest absolute Gasteiger partial charge is 0.290 e. The third-order valence-electron chi connectivity index (χ3n) is 5.57. The van der Waals surface area contributed by atoms with Crippen molar-refractivity contribution in [3.8, 4) is 0 Å². The van der Waals surface area contributed by atoms with Gasteiger partial charge in [-0.3, -0.25) is 4.79 Å².